The summed E-state index contributed by atoms with van der Waals surface area (Å²) < 4.78 is 70.3. The number of hydrogen-bond acceptors (Lipinski definition) is 9. The Morgan fingerprint density at radius 3 is 1.26 bits per heavy atom. The number of carbonyl (C=O) groups is 6. The van der Waals surface area contributed by atoms with Crippen molar-refractivity contribution in [3.63, 3.8) is 0 Å². The molecule has 6 rings (SSSR count). The van der Waals surface area contributed by atoms with Crippen molar-refractivity contribution in [2.24, 2.45) is 46.3 Å². The quantitative estimate of drug-likeness (QED) is 0.136. The van der Waals surface area contributed by atoms with E-state index in [1.54, 1.807) is 41.5 Å². The van der Waals surface area contributed by atoms with E-state index in [0.717, 1.165) is 0 Å². The first-order valence-electron chi connectivity index (χ1n) is 21.5. The van der Waals surface area contributed by atoms with Crippen molar-refractivity contribution in [2.75, 3.05) is 20.2 Å². The number of alkyl carbamates (subject to hydrolysis) is 2. The van der Waals surface area contributed by atoms with E-state index in [4.69, 9.17) is 14.2 Å². The zero-order valence-electron chi connectivity index (χ0n) is 37.4. The first-order valence-corrected chi connectivity index (χ1v) is 21.5. The summed E-state index contributed by atoms with van der Waals surface area (Å²) in [6.07, 6.45) is -2.63. The number of alkyl halides is 4. The molecule has 2 heterocycles. The number of carboxylic acid groups (broad SMARTS) is 1. The Labute approximate surface area is 355 Å². The van der Waals surface area contributed by atoms with Crippen molar-refractivity contribution in [3.8, 4) is 0 Å². The van der Waals surface area contributed by atoms with Gasteiger partial charge >= 0.3 is 24.1 Å². The highest BCUT2D eigenvalue weighted by atomic mass is 19.3. The number of likely N-dealkylation sites (tertiary alicyclic amines) is 2. The molecule has 2 saturated heterocycles. The third kappa shape index (κ3) is 10.7. The second-order valence-electron chi connectivity index (χ2n) is 21.3. The summed E-state index contributed by atoms with van der Waals surface area (Å²) in [4.78, 5) is 79.1. The number of piperidine rings is 2. The fraction of sp³-hybridized carbons (Fsp3) is 0.860. The molecule has 346 valence electrons. The average molecular weight is 875 g/mol. The van der Waals surface area contributed by atoms with Crippen molar-refractivity contribution in [1.29, 1.82) is 0 Å². The Hall–Kier alpha value is -3.86. The van der Waals surface area contributed by atoms with Crippen LogP contribution in [-0.4, -0.2) is 118 Å². The number of esters is 1. The molecule has 61 heavy (non-hydrogen) atoms. The maximum atomic E-state index is 13.7. The molecule has 4 saturated carbocycles. The molecular weight excluding hydrogens is 808 g/mol. The van der Waals surface area contributed by atoms with Crippen LogP contribution in [0.15, 0.2) is 0 Å². The molecular formula is C43H66F4N4O10. The number of nitrogens with zero attached hydrogens (tertiary/aromatic N) is 2. The van der Waals surface area contributed by atoms with E-state index >= 15 is 0 Å². The minimum Gasteiger partial charge on any atom is -0.480 e. The summed E-state index contributed by atoms with van der Waals surface area (Å²) in [5.74, 6) is -8.91. The number of nitrogens with one attached hydrogen (secondary N) is 2. The standard InChI is InChI=1S/C22H34F2N2O5.C21H32F2N2O5/c1-20(2,3)31-19(29)25-15(12-7-9-22(23,24)10-8-12)17(27)26-11-13-14(21(13,4)5)16(26)18(28)30-6;1-19(2,3)30-18(29)24-14(11-6-8-21(22,23)9-7-11)16(26)25-10-12-13(20(12,4)5)15(25)17(27)28/h12-16H,7-11H2,1-6H3,(H,25,29);11-15H,6-10H2,1-5H3,(H,24,29)(H,27,28)/t13?,14-,15?,16-;12?,13-,14?,15-/m00/s1. The number of fused-ring (bicyclic) bond motifs is 2. The Morgan fingerprint density at radius 2 is 0.951 bits per heavy atom. The smallest absolute Gasteiger partial charge is 0.408 e. The van der Waals surface area contributed by atoms with E-state index in [1.807, 2.05) is 13.8 Å². The van der Waals surface area contributed by atoms with Gasteiger partial charge in [0, 0.05) is 50.6 Å². The van der Waals surface area contributed by atoms with Gasteiger partial charge in [0.2, 0.25) is 23.7 Å². The van der Waals surface area contributed by atoms with Gasteiger partial charge < -0.3 is 39.8 Å². The van der Waals surface area contributed by atoms with Gasteiger partial charge in [0.05, 0.1) is 7.11 Å². The molecule has 4 unspecified atom stereocenters. The van der Waals surface area contributed by atoms with E-state index in [-0.39, 0.29) is 85.9 Å². The van der Waals surface area contributed by atoms with E-state index in [1.165, 1.54) is 16.9 Å². The lowest BCUT2D eigenvalue weighted by Crippen LogP contribution is -2.57. The van der Waals surface area contributed by atoms with Crippen LogP contribution in [0.5, 0.6) is 0 Å². The van der Waals surface area contributed by atoms with E-state index < -0.39 is 95.0 Å². The molecule has 0 bridgehead atoms. The Bertz CT molecular complexity index is 1710. The predicted octanol–water partition coefficient (Wildman–Crippen LogP) is 6.63. The largest absolute Gasteiger partial charge is 0.480 e. The average Bonchev–Trinajstić information content (AvgIpc) is 3.59. The zero-order chi connectivity index (χ0) is 46.0. The van der Waals surface area contributed by atoms with Crippen molar-refractivity contribution in [3.05, 3.63) is 0 Å². The summed E-state index contributed by atoms with van der Waals surface area (Å²) in [7, 11) is 1.29. The van der Waals surface area contributed by atoms with Crippen LogP contribution >= 0.6 is 0 Å². The molecule has 4 aliphatic carbocycles. The van der Waals surface area contributed by atoms with Crippen LogP contribution in [0.25, 0.3) is 0 Å². The van der Waals surface area contributed by atoms with Crippen LogP contribution in [0.1, 0.15) is 121 Å². The van der Waals surface area contributed by atoms with Gasteiger partial charge in [0.25, 0.3) is 0 Å². The molecule has 2 aliphatic heterocycles. The van der Waals surface area contributed by atoms with Gasteiger partial charge in [-0.2, -0.15) is 0 Å². The number of halogens is 4. The van der Waals surface area contributed by atoms with Gasteiger partial charge in [-0.3, -0.25) is 9.59 Å². The van der Waals surface area contributed by atoms with Crippen molar-refractivity contribution >= 4 is 35.9 Å². The van der Waals surface area contributed by atoms with Gasteiger partial charge in [-0.05, 0) is 102 Å². The molecule has 14 nitrogen and oxygen atoms in total. The molecule has 0 spiro atoms. The highest BCUT2D eigenvalue weighted by Gasteiger charge is 2.71. The maximum absolute atomic E-state index is 13.7. The van der Waals surface area contributed by atoms with Gasteiger partial charge in [0.1, 0.15) is 35.4 Å². The van der Waals surface area contributed by atoms with E-state index in [0.29, 0.717) is 13.1 Å². The SMILES string of the molecule is CC(C)(C)OC(=O)NC(C(=O)N1CC2[C@@H]([C@H]1C(=O)O)C2(C)C)C1CCC(F)(F)CC1.COC(=O)[C@@H]1[C@@H]2C(CN1C(=O)C(NC(=O)OC(C)(C)C)C1CCC(F)(F)CC1)C2(C)C. The molecule has 0 aromatic rings. The summed E-state index contributed by atoms with van der Waals surface area (Å²) >= 11 is 0. The number of rotatable bonds is 8. The molecule has 18 heteroatoms. The highest BCUT2D eigenvalue weighted by Crippen LogP contribution is 2.66. The summed E-state index contributed by atoms with van der Waals surface area (Å²) in [6, 6.07) is -3.81. The second-order valence-corrected chi connectivity index (χ2v) is 21.3. The number of hydrogen-bond donors (Lipinski definition) is 3. The van der Waals surface area contributed by atoms with Crippen molar-refractivity contribution in [1.82, 2.24) is 20.4 Å². The number of carboxylic acids is 1. The van der Waals surface area contributed by atoms with E-state index in [9.17, 15) is 51.4 Å². The molecule has 0 aromatic carbocycles. The van der Waals surface area contributed by atoms with Crippen LogP contribution in [0, 0.1) is 46.3 Å². The monoisotopic (exact) mass is 874 g/mol. The molecule has 6 fully saturated rings. The number of amides is 4. The Balaban J connectivity index is 0.000000231. The lowest BCUT2D eigenvalue weighted by Gasteiger charge is -2.37. The van der Waals surface area contributed by atoms with Gasteiger partial charge in [-0.15, -0.1) is 0 Å². The van der Waals surface area contributed by atoms with Crippen LogP contribution in [0.4, 0.5) is 27.2 Å². The number of carbonyl (C=O) groups excluding carboxylic acids is 5. The lowest BCUT2D eigenvalue weighted by atomic mass is 9.81. The molecule has 0 radical (unpaired) electrons. The third-order valence-corrected chi connectivity index (χ3v) is 14.0. The molecule has 4 amide bonds. The van der Waals surface area contributed by atoms with Gasteiger partial charge in [-0.25, -0.2) is 36.7 Å². The first-order chi connectivity index (χ1) is 27.8. The van der Waals surface area contributed by atoms with Crippen LogP contribution in [0.3, 0.4) is 0 Å². The first kappa shape index (κ1) is 48.2. The zero-order valence-corrected chi connectivity index (χ0v) is 37.4. The fourth-order valence-corrected chi connectivity index (χ4v) is 10.5. The normalized spacial score (nSPS) is 30.5. The van der Waals surface area contributed by atoms with Crippen molar-refractivity contribution < 1.29 is 65.6 Å². The molecule has 8 atom stereocenters. The summed E-state index contributed by atoms with van der Waals surface area (Å²) in [5, 5.41) is 14.9. The third-order valence-electron chi connectivity index (χ3n) is 14.0. The molecule has 0 aromatic heterocycles. The number of aliphatic carboxylic acids is 1. The van der Waals surface area contributed by atoms with Gasteiger partial charge in [-0.1, -0.05) is 27.7 Å². The highest BCUT2D eigenvalue weighted by molar-refractivity contribution is 5.92. The lowest BCUT2D eigenvalue weighted by molar-refractivity contribution is -0.154. The summed E-state index contributed by atoms with van der Waals surface area (Å²) in [6.45, 7) is 18.9. The van der Waals surface area contributed by atoms with Crippen LogP contribution < -0.4 is 10.6 Å². The predicted molar refractivity (Wildman–Crippen MR) is 212 cm³/mol. The number of ether oxygens (including phenoxy) is 3. The summed E-state index contributed by atoms with van der Waals surface area (Å²) in [5.41, 5.74) is -1.79. The van der Waals surface area contributed by atoms with Crippen LogP contribution in [-0.2, 0) is 33.4 Å². The molecule has 3 N–H and O–H groups in total. The van der Waals surface area contributed by atoms with E-state index in [2.05, 4.69) is 24.5 Å². The molecule has 6 aliphatic rings. The van der Waals surface area contributed by atoms with Gasteiger partial charge in [0.15, 0.2) is 0 Å². The number of methoxy groups -OCH3 is 1. The fourth-order valence-electron chi connectivity index (χ4n) is 10.5. The Morgan fingerprint density at radius 1 is 0.623 bits per heavy atom. The topological polar surface area (TPSA) is 181 Å². The minimum absolute atomic E-state index is 0.0123. The Kier molecular flexibility index (Phi) is 13.2. The second kappa shape index (κ2) is 16.7. The maximum Gasteiger partial charge on any atom is 0.408 e. The van der Waals surface area contributed by atoms with Crippen molar-refractivity contribution in [2.45, 2.75) is 168 Å². The van der Waals surface area contributed by atoms with Crippen LogP contribution in [0.2, 0.25) is 0 Å². The minimum atomic E-state index is -2.78.